The number of amides is 1. The lowest BCUT2D eigenvalue weighted by atomic mass is 10.2. The summed E-state index contributed by atoms with van der Waals surface area (Å²) >= 11 is 3.37. The Bertz CT molecular complexity index is 797. The first kappa shape index (κ1) is 12.8. The van der Waals surface area contributed by atoms with Gasteiger partial charge in [0.15, 0.2) is 0 Å². The van der Waals surface area contributed by atoms with Crippen LogP contribution in [0.2, 0.25) is 0 Å². The minimum Gasteiger partial charge on any atom is -0.322 e. The van der Waals surface area contributed by atoms with Crippen molar-refractivity contribution >= 4 is 38.6 Å². The molecule has 1 N–H and O–H groups in total. The van der Waals surface area contributed by atoms with Crippen molar-refractivity contribution in [2.24, 2.45) is 7.05 Å². The monoisotopic (exact) mass is 330 g/mol. The summed E-state index contributed by atoms with van der Waals surface area (Å²) in [6.45, 7) is 0. The number of nitrogens with one attached hydrogen (secondary N) is 1. The van der Waals surface area contributed by atoms with Gasteiger partial charge in [-0.3, -0.25) is 4.79 Å². The molecule has 0 atom stereocenters. The van der Waals surface area contributed by atoms with Crippen LogP contribution in [0.4, 0.5) is 5.69 Å². The van der Waals surface area contributed by atoms with Gasteiger partial charge in [0.1, 0.15) is 5.52 Å². The Morgan fingerprint density at radius 2 is 2.10 bits per heavy atom. The Hall–Kier alpha value is -2.21. The van der Waals surface area contributed by atoms with E-state index in [1.165, 1.54) is 0 Å². The van der Waals surface area contributed by atoms with Crippen molar-refractivity contribution in [1.29, 1.82) is 0 Å². The van der Waals surface area contributed by atoms with Crippen LogP contribution < -0.4 is 5.32 Å². The van der Waals surface area contributed by atoms with Gasteiger partial charge in [-0.15, -0.1) is 5.10 Å². The fraction of sp³-hybridized carbons (Fsp3) is 0.0714. The molecule has 1 heterocycles. The Labute approximate surface area is 123 Å². The van der Waals surface area contributed by atoms with E-state index in [1.54, 1.807) is 16.8 Å². The van der Waals surface area contributed by atoms with Crippen LogP contribution in [0.5, 0.6) is 0 Å². The summed E-state index contributed by atoms with van der Waals surface area (Å²) in [5.74, 6) is -0.171. The van der Waals surface area contributed by atoms with Crippen molar-refractivity contribution in [2.75, 3.05) is 5.32 Å². The third kappa shape index (κ3) is 2.42. The molecule has 3 aromatic rings. The minimum absolute atomic E-state index is 0.171. The first-order valence-corrected chi connectivity index (χ1v) is 6.79. The van der Waals surface area contributed by atoms with Crippen LogP contribution in [-0.2, 0) is 7.05 Å². The van der Waals surface area contributed by atoms with Gasteiger partial charge in [0.2, 0.25) is 0 Å². The standard InChI is InChI=1S/C14H11BrN4O/c1-19-13-6-5-9(7-12(13)17-18-19)14(20)16-11-4-2-3-10(15)8-11/h2-8H,1H3,(H,16,20). The Morgan fingerprint density at radius 3 is 2.90 bits per heavy atom. The van der Waals surface area contributed by atoms with E-state index in [0.717, 1.165) is 15.7 Å². The fourth-order valence-electron chi connectivity index (χ4n) is 1.95. The number of rotatable bonds is 2. The highest BCUT2D eigenvalue weighted by Gasteiger charge is 2.09. The molecule has 0 fully saturated rings. The van der Waals surface area contributed by atoms with Crippen molar-refractivity contribution in [2.45, 2.75) is 0 Å². The number of hydrogen-bond donors (Lipinski definition) is 1. The normalized spacial score (nSPS) is 10.7. The maximum atomic E-state index is 12.2. The van der Waals surface area contributed by atoms with E-state index in [1.807, 2.05) is 37.4 Å². The summed E-state index contributed by atoms with van der Waals surface area (Å²) in [6.07, 6.45) is 0. The molecular formula is C14H11BrN4O. The molecule has 0 saturated carbocycles. The molecule has 5 nitrogen and oxygen atoms in total. The Morgan fingerprint density at radius 1 is 1.25 bits per heavy atom. The Kier molecular flexibility index (Phi) is 3.23. The molecule has 20 heavy (non-hydrogen) atoms. The fourth-order valence-corrected chi connectivity index (χ4v) is 2.35. The van der Waals surface area contributed by atoms with E-state index in [4.69, 9.17) is 0 Å². The van der Waals surface area contributed by atoms with Crippen LogP contribution in [0, 0.1) is 0 Å². The molecule has 0 saturated heterocycles. The van der Waals surface area contributed by atoms with Crippen LogP contribution in [0.1, 0.15) is 10.4 Å². The van der Waals surface area contributed by atoms with Gasteiger partial charge in [-0.05, 0) is 36.4 Å². The number of benzene rings is 2. The summed E-state index contributed by atoms with van der Waals surface area (Å²) in [4.78, 5) is 12.2. The van der Waals surface area contributed by atoms with Crippen LogP contribution >= 0.6 is 15.9 Å². The zero-order valence-corrected chi connectivity index (χ0v) is 12.3. The largest absolute Gasteiger partial charge is 0.322 e. The summed E-state index contributed by atoms with van der Waals surface area (Å²) < 4.78 is 2.59. The first-order valence-electron chi connectivity index (χ1n) is 6.00. The van der Waals surface area contributed by atoms with Crippen molar-refractivity contribution in [3.63, 3.8) is 0 Å². The van der Waals surface area contributed by atoms with E-state index < -0.39 is 0 Å². The molecule has 0 aliphatic rings. The predicted octanol–water partition coefficient (Wildman–Crippen LogP) is 2.98. The molecule has 1 amide bonds. The molecule has 0 spiro atoms. The highest BCUT2D eigenvalue weighted by Crippen LogP contribution is 2.18. The molecule has 3 rings (SSSR count). The highest BCUT2D eigenvalue weighted by molar-refractivity contribution is 9.10. The van der Waals surface area contributed by atoms with Gasteiger partial charge in [-0.25, -0.2) is 4.68 Å². The van der Waals surface area contributed by atoms with Gasteiger partial charge in [-0.1, -0.05) is 27.2 Å². The zero-order chi connectivity index (χ0) is 14.1. The van der Waals surface area contributed by atoms with E-state index >= 15 is 0 Å². The summed E-state index contributed by atoms with van der Waals surface area (Å²) in [5, 5.41) is 10.8. The SMILES string of the molecule is Cn1nnc2cc(C(=O)Nc3cccc(Br)c3)ccc21. The third-order valence-corrected chi connectivity index (χ3v) is 3.45. The van der Waals surface area contributed by atoms with Crippen LogP contribution in [-0.4, -0.2) is 20.9 Å². The molecule has 0 bridgehead atoms. The molecule has 0 aliphatic carbocycles. The van der Waals surface area contributed by atoms with Gasteiger partial charge in [0, 0.05) is 22.8 Å². The molecule has 0 aliphatic heterocycles. The molecule has 100 valence electrons. The maximum Gasteiger partial charge on any atom is 0.255 e. The van der Waals surface area contributed by atoms with Crippen LogP contribution in [0.25, 0.3) is 11.0 Å². The second-order valence-corrected chi connectivity index (χ2v) is 5.30. The average molecular weight is 331 g/mol. The number of nitrogens with zero attached hydrogens (tertiary/aromatic N) is 3. The zero-order valence-electron chi connectivity index (χ0n) is 10.7. The lowest BCUT2D eigenvalue weighted by molar-refractivity contribution is 0.102. The summed E-state index contributed by atoms with van der Waals surface area (Å²) in [5.41, 5.74) is 2.89. The number of anilines is 1. The van der Waals surface area contributed by atoms with Crippen molar-refractivity contribution in [1.82, 2.24) is 15.0 Å². The van der Waals surface area contributed by atoms with Gasteiger partial charge in [0.05, 0.1) is 5.52 Å². The van der Waals surface area contributed by atoms with Gasteiger partial charge in [0.25, 0.3) is 5.91 Å². The van der Waals surface area contributed by atoms with Crippen molar-refractivity contribution in [3.8, 4) is 0 Å². The van der Waals surface area contributed by atoms with Crippen molar-refractivity contribution in [3.05, 3.63) is 52.5 Å². The smallest absolute Gasteiger partial charge is 0.255 e. The van der Waals surface area contributed by atoms with Crippen LogP contribution in [0.15, 0.2) is 46.9 Å². The molecule has 0 radical (unpaired) electrons. The molecule has 2 aromatic carbocycles. The predicted molar refractivity (Wildman–Crippen MR) is 80.6 cm³/mol. The number of carbonyl (C=O) groups excluding carboxylic acids is 1. The number of aryl methyl sites for hydroxylation is 1. The lowest BCUT2D eigenvalue weighted by Crippen LogP contribution is -2.11. The number of carbonyl (C=O) groups is 1. The minimum atomic E-state index is -0.171. The average Bonchev–Trinajstić information content (AvgIpc) is 2.80. The number of halogens is 1. The quantitative estimate of drug-likeness (QED) is 0.785. The number of aromatic nitrogens is 3. The van der Waals surface area contributed by atoms with E-state index in [2.05, 4.69) is 31.6 Å². The van der Waals surface area contributed by atoms with Gasteiger partial charge < -0.3 is 5.32 Å². The molecule has 6 heteroatoms. The molecule has 0 unspecified atom stereocenters. The number of hydrogen-bond acceptors (Lipinski definition) is 3. The first-order chi connectivity index (χ1) is 9.63. The van der Waals surface area contributed by atoms with E-state index in [-0.39, 0.29) is 5.91 Å². The highest BCUT2D eigenvalue weighted by atomic mass is 79.9. The van der Waals surface area contributed by atoms with Crippen LogP contribution in [0.3, 0.4) is 0 Å². The topological polar surface area (TPSA) is 59.8 Å². The van der Waals surface area contributed by atoms with Gasteiger partial charge in [-0.2, -0.15) is 0 Å². The number of fused-ring (bicyclic) bond motifs is 1. The van der Waals surface area contributed by atoms with E-state index in [0.29, 0.717) is 11.1 Å². The molecule has 1 aromatic heterocycles. The Balaban J connectivity index is 1.88. The second-order valence-electron chi connectivity index (χ2n) is 4.38. The third-order valence-electron chi connectivity index (χ3n) is 2.96. The molecular weight excluding hydrogens is 320 g/mol. The lowest BCUT2D eigenvalue weighted by Gasteiger charge is -2.05. The van der Waals surface area contributed by atoms with Crippen molar-refractivity contribution < 1.29 is 4.79 Å². The maximum absolute atomic E-state index is 12.2. The van der Waals surface area contributed by atoms with Gasteiger partial charge >= 0.3 is 0 Å². The van der Waals surface area contributed by atoms with E-state index in [9.17, 15) is 4.79 Å². The summed E-state index contributed by atoms with van der Waals surface area (Å²) in [6, 6.07) is 12.8. The summed E-state index contributed by atoms with van der Waals surface area (Å²) in [7, 11) is 1.82. The second kappa shape index (κ2) is 5.05.